The number of amides is 1. The zero-order valence-electron chi connectivity index (χ0n) is 12.6. The smallest absolute Gasteiger partial charge is 0.270 e. The van der Waals surface area contributed by atoms with Crippen LogP contribution in [0.1, 0.15) is 34.8 Å². The summed E-state index contributed by atoms with van der Waals surface area (Å²) in [5.41, 5.74) is 8.15. The third kappa shape index (κ3) is 3.34. The number of H-pyrrole nitrogens is 1. The summed E-state index contributed by atoms with van der Waals surface area (Å²) in [6, 6.07) is 3.15. The fourth-order valence-electron chi connectivity index (χ4n) is 2.02. The monoisotopic (exact) mass is 329 g/mol. The van der Waals surface area contributed by atoms with Crippen molar-refractivity contribution >= 4 is 23.2 Å². The molecule has 3 aromatic heterocycles. The van der Waals surface area contributed by atoms with Crippen molar-refractivity contribution in [3.8, 4) is 10.7 Å². The molecule has 0 aliphatic heterocycles. The number of carbonyl (C=O) groups is 1. The Hall–Kier alpha value is -2.81. The van der Waals surface area contributed by atoms with Gasteiger partial charge in [0.05, 0.1) is 11.7 Å². The lowest BCUT2D eigenvalue weighted by atomic mass is 10.2. The number of carbonyl (C=O) groups excluding carboxylic acids is 1. The first kappa shape index (κ1) is 15.1. The maximum Gasteiger partial charge on any atom is 0.270 e. The summed E-state index contributed by atoms with van der Waals surface area (Å²) < 4.78 is 0. The Balaban J connectivity index is 1.84. The number of nitrogen functional groups attached to an aromatic ring is 1. The lowest BCUT2D eigenvalue weighted by molar-refractivity contribution is 0.0934. The van der Waals surface area contributed by atoms with Crippen LogP contribution in [0.5, 0.6) is 0 Å². The van der Waals surface area contributed by atoms with Crippen molar-refractivity contribution in [2.75, 3.05) is 5.73 Å². The second-order valence-electron chi connectivity index (χ2n) is 5.00. The predicted octanol–water partition coefficient (Wildman–Crippen LogP) is 1.70. The van der Waals surface area contributed by atoms with E-state index in [0.717, 1.165) is 11.4 Å². The van der Waals surface area contributed by atoms with Gasteiger partial charge in [-0.2, -0.15) is 5.10 Å². The van der Waals surface area contributed by atoms with E-state index in [0.29, 0.717) is 10.7 Å². The third-order valence-corrected chi connectivity index (χ3v) is 4.13. The fourth-order valence-corrected chi connectivity index (χ4v) is 2.78. The van der Waals surface area contributed by atoms with Gasteiger partial charge >= 0.3 is 0 Å². The number of hydrogen-bond acceptors (Lipinski definition) is 7. The van der Waals surface area contributed by atoms with E-state index in [2.05, 4.69) is 30.5 Å². The van der Waals surface area contributed by atoms with Crippen molar-refractivity contribution in [1.82, 2.24) is 30.5 Å². The molecule has 0 saturated heterocycles. The van der Waals surface area contributed by atoms with Crippen molar-refractivity contribution in [3.63, 3.8) is 0 Å². The topological polar surface area (TPSA) is 122 Å². The molecule has 118 valence electrons. The normalized spacial score (nSPS) is 12.1. The minimum Gasteiger partial charge on any atom is -0.368 e. The molecule has 0 aromatic carbocycles. The molecule has 0 bridgehead atoms. The largest absolute Gasteiger partial charge is 0.368 e. The first-order valence-corrected chi connectivity index (χ1v) is 7.78. The number of nitrogens with two attached hydrogens (primary N) is 1. The molecule has 3 aromatic rings. The predicted molar refractivity (Wildman–Crippen MR) is 86.8 cm³/mol. The van der Waals surface area contributed by atoms with Crippen molar-refractivity contribution in [2.24, 2.45) is 0 Å². The van der Waals surface area contributed by atoms with Crippen LogP contribution in [0, 0.1) is 6.92 Å². The van der Waals surface area contributed by atoms with Crippen LogP contribution in [-0.4, -0.2) is 31.1 Å². The second-order valence-corrected chi connectivity index (χ2v) is 5.86. The number of aromatic amines is 1. The summed E-state index contributed by atoms with van der Waals surface area (Å²) in [4.78, 5) is 24.9. The van der Waals surface area contributed by atoms with Crippen molar-refractivity contribution in [1.29, 1.82) is 0 Å². The van der Waals surface area contributed by atoms with Gasteiger partial charge in [-0.3, -0.25) is 9.89 Å². The van der Waals surface area contributed by atoms with Gasteiger partial charge in [0.2, 0.25) is 5.95 Å². The van der Waals surface area contributed by atoms with Gasteiger partial charge in [0.25, 0.3) is 5.91 Å². The molecular weight excluding hydrogens is 314 g/mol. The molecule has 23 heavy (non-hydrogen) atoms. The van der Waals surface area contributed by atoms with Gasteiger partial charge in [-0.25, -0.2) is 15.0 Å². The highest BCUT2D eigenvalue weighted by Gasteiger charge is 2.16. The Morgan fingerprint density at radius 1 is 1.39 bits per heavy atom. The lowest BCUT2D eigenvalue weighted by Gasteiger charge is -2.12. The third-order valence-electron chi connectivity index (χ3n) is 3.15. The van der Waals surface area contributed by atoms with Crippen LogP contribution < -0.4 is 11.1 Å². The number of rotatable bonds is 4. The standard InChI is InChI=1S/C14H15N7OS/c1-7-6-23-13(17-7)11-5-10(19-14(15)20-11)12(22)18-8(2)9-3-4-16-21-9/h3-6,8H,1-2H3,(H,16,21)(H,18,22)(H2,15,19,20). The maximum absolute atomic E-state index is 12.4. The van der Waals surface area contributed by atoms with Gasteiger partial charge < -0.3 is 11.1 Å². The van der Waals surface area contributed by atoms with Crippen LogP contribution in [0.4, 0.5) is 5.95 Å². The van der Waals surface area contributed by atoms with Crippen LogP contribution >= 0.6 is 11.3 Å². The molecule has 4 N–H and O–H groups in total. The summed E-state index contributed by atoms with van der Waals surface area (Å²) in [6.45, 7) is 3.74. The number of aromatic nitrogens is 5. The quantitative estimate of drug-likeness (QED) is 0.669. The Labute approximate surface area is 136 Å². The summed E-state index contributed by atoms with van der Waals surface area (Å²) in [5, 5.41) is 12.1. The number of anilines is 1. The van der Waals surface area contributed by atoms with Crippen molar-refractivity contribution < 1.29 is 4.79 Å². The zero-order chi connectivity index (χ0) is 16.4. The molecular formula is C14H15N7OS. The molecule has 8 nitrogen and oxygen atoms in total. The average molecular weight is 329 g/mol. The molecule has 0 spiro atoms. The highest BCUT2D eigenvalue weighted by atomic mass is 32.1. The van der Waals surface area contributed by atoms with E-state index < -0.39 is 0 Å². The molecule has 1 amide bonds. The molecule has 0 aliphatic carbocycles. The number of hydrogen-bond donors (Lipinski definition) is 3. The minimum atomic E-state index is -0.337. The van der Waals surface area contributed by atoms with E-state index in [1.54, 1.807) is 18.3 Å². The highest BCUT2D eigenvalue weighted by molar-refractivity contribution is 7.13. The second kappa shape index (κ2) is 6.13. The summed E-state index contributed by atoms with van der Waals surface area (Å²) in [6.07, 6.45) is 1.63. The van der Waals surface area contributed by atoms with Gasteiger partial charge in [-0.1, -0.05) is 0 Å². The number of nitrogens with zero attached hydrogens (tertiary/aromatic N) is 4. The van der Waals surface area contributed by atoms with Crippen molar-refractivity contribution in [3.05, 3.63) is 40.8 Å². The molecule has 1 unspecified atom stereocenters. The van der Waals surface area contributed by atoms with E-state index >= 15 is 0 Å². The zero-order valence-corrected chi connectivity index (χ0v) is 13.4. The maximum atomic E-state index is 12.4. The Morgan fingerprint density at radius 3 is 2.87 bits per heavy atom. The lowest BCUT2D eigenvalue weighted by Crippen LogP contribution is -2.28. The molecule has 3 heterocycles. The molecule has 0 aliphatic rings. The first-order chi connectivity index (χ1) is 11.0. The van der Waals surface area contributed by atoms with E-state index in [1.165, 1.54) is 11.3 Å². The average Bonchev–Trinajstić information content (AvgIpc) is 3.17. The molecule has 1 atom stereocenters. The van der Waals surface area contributed by atoms with E-state index in [-0.39, 0.29) is 23.6 Å². The van der Waals surface area contributed by atoms with Gasteiger partial charge in [0.1, 0.15) is 16.4 Å². The van der Waals surface area contributed by atoms with Crippen molar-refractivity contribution in [2.45, 2.75) is 19.9 Å². The summed E-state index contributed by atoms with van der Waals surface area (Å²) in [7, 11) is 0. The Bertz CT molecular complexity index is 828. The highest BCUT2D eigenvalue weighted by Crippen LogP contribution is 2.23. The number of aryl methyl sites for hydroxylation is 1. The molecule has 9 heteroatoms. The number of thiazole rings is 1. The molecule has 0 radical (unpaired) electrons. The van der Waals surface area contributed by atoms with Gasteiger partial charge in [0, 0.05) is 17.3 Å². The summed E-state index contributed by atoms with van der Waals surface area (Å²) in [5.74, 6) is -0.301. The number of nitrogens with one attached hydrogen (secondary N) is 2. The minimum absolute atomic E-state index is 0.0368. The first-order valence-electron chi connectivity index (χ1n) is 6.90. The van der Waals surface area contributed by atoms with Gasteiger partial charge in [-0.15, -0.1) is 11.3 Å². The SMILES string of the molecule is Cc1csc(-c2cc(C(=O)NC(C)c3ccn[nH]3)nc(N)n2)n1. The van der Waals surface area contributed by atoms with E-state index in [1.807, 2.05) is 19.2 Å². The Morgan fingerprint density at radius 2 is 2.22 bits per heavy atom. The Kier molecular flexibility index (Phi) is 4.02. The van der Waals surface area contributed by atoms with E-state index in [4.69, 9.17) is 5.73 Å². The van der Waals surface area contributed by atoms with Crippen LogP contribution in [-0.2, 0) is 0 Å². The van der Waals surface area contributed by atoms with Crippen LogP contribution in [0.15, 0.2) is 23.7 Å². The van der Waals surface area contributed by atoms with E-state index in [9.17, 15) is 4.79 Å². The molecule has 0 fully saturated rings. The summed E-state index contributed by atoms with van der Waals surface area (Å²) >= 11 is 1.44. The van der Waals surface area contributed by atoms with Gasteiger partial charge in [0.15, 0.2) is 0 Å². The molecule has 0 saturated carbocycles. The molecule has 3 rings (SSSR count). The van der Waals surface area contributed by atoms with Crippen LogP contribution in [0.25, 0.3) is 10.7 Å². The fraction of sp³-hybridized carbons (Fsp3) is 0.214. The van der Waals surface area contributed by atoms with Crippen LogP contribution in [0.2, 0.25) is 0 Å². The van der Waals surface area contributed by atoms with Crippen LogP contribution in [0.3, 0.4) is 0 Å². The van der Waals surface area contributed by atoms with Gasteiger partial charge in [-0.05, 0) is 26.0 Å².